The average molecular weight is 464 g/mol. The minimum Gasteiger partial charge on any atom is -0.494 e. The molecule has 5 nitrogen and oxygen atoms in total. The Bertz CT molecular complexity index is 986. The second-order valence-electron chi connectivity index (χ2n) is 9.72. The Morgan fingerprint density at radius 2 is 1.97 bits per heavy atom. The van der Waals surface area contributed by atoms with Crippen molar-refractivity contribution in [2.45, 2.75) is 45.2 Å². The predicted octanol–water partition coefficient (Wildman–Crippen LogP) is 5.75. The number of carbonyl (C=O) groups excluding carboxylic acids is 1. The molecule has 3 atom stereocenters. The molecular weight excluding hydrogens is 431 g/mol. The van der Waals surface area contributed by atoms with Crippen LogP contribution in [-0.2, 0) is 4.79 Å². The van der Waals surface area contributed by atoms with Crippen molar-refractivity contribution in [2.24, 2.45) is 17.8 Å². The van der Waals surface area contributed by atoms with Crippen molar-refractivity contribution in [3.63, 3.8) is 0 Å². The molecule has 2 aromatic rings. The molecule has 4 rings (SSSR count). The highest BCUT2D eigenvalue weighted by Crippen LogP contribution is 2.43. The van der Waals surface area contributed by atoms with Gasteiger partial charge in [0.2, 0.25) is 5.91 Å². The van der Waals surface area contributed by atoms with Crippen LogP contribution in [0, 0.1) is 17.8 Å². The van der Waals surface area contributed by atoms with E-state index in [2.05, 4.69) is 16.9 Å². The highest BCUT2D eigenvalue weighted by Gasteiger charge is 2.43. The molecule has 1 amide bonds. The first-order valence-electron chi connectivity index (χ1n) is 11.6. The Hall–Kier alpha value is -2.48. The number of aromatic amines is 1. The van der Waals surface area contributed by atoms with Crippen LogP contribution < -0.4 is 10.1 Å². The summed E-state index contributed by atoms with van der Waals surface area (Å²) in [7, 11) is 0. The highest BCUT2D eigenvalue weighted by atomic mass is 19.4. The number of amides is 1. The average Bonchev–Trinajstić information content (AvgIpc) is 3.38. The predicted molar refractivity (Wildman–Crippen MR) is 123 cm³/mol. The Labute approximate surface area is 192 Å². The Morgan fingerprint density at radius 3 is 2.64 bits per heavy atom. The number of hydrogen-bond donors (Lipinski definition) is 2. The number of carbonyl (C=O) groups is 1. The summed E-state index contributed by atoms with van der Waals surface area (Å²) in [4.78, 5) is 16.9. The van der Waals surface area contributed by atoms with Gasteiger partial charge in [-0.05, 0) is 68.6 Å². The van der Waals surface area contributed by atoms with Crippen molar-refractivity contribution < 1.29 is 22.7 Å². The number of fused-ring (bicyclic) bond motifs is 2. The van der Waals surface area contributed by atoms with Gasteiger partial charge in [0.25, 0.3) is 0 Å². The number of allylic oxidation sites excluding steroid dienone is 1. The second kappa shape index (κ2) is 9.79. The van der Waals surface area contributed by atoms with Crippen molar-refractivity contribution in [1.82, 2.24) is 9.88 Å². The normalized spacial score (nSPS) is 23.1. The van der Waals surface area contributed by atoms with Crippen LogP contribution >= 0.6 is 0 Å². The van der Waals surface area contributed by atoms with Crippen LogP contribution in [0.4, 0.5) is 18.9 Å². The summed E-state index contributed by atoms with van der Waals surface area (Å²) in [5, 5.41) is 3.85. The molecule has 1 aliphatic carbocycles. The lowest BCUT2D eigenvalue weighted by Crippen LogP contribution is -2.33. The smallest absolute Gasteiger partial charge is 0.401 e. The maximum absolute atomic E-state index is 12.6. The van der Waals surface area contributed by atoms with E-state index in [0.29, 0.717) is 50.3 Å². The van der Waals surface area contributed by atoms with Gasteiger partial charge in [-0.1, -0.05) is 5.57 Å². The van der Waals surface area contributed by atoms with Gasteiger partial charge in [-0.25, -0.2) is 0 Å². The van der Waals surface area contributed by atoms with Gasteiger partial charge >= 0.3 is 6.18 Å². The number of halogens is 3. The minimum atomic E-state index is -4.11. The van der Waals surface area contributed by atoms with E-state index in [1.165, 1.54) is 0 Å². The zero-order valence-corrected chi connectivity index (χ0v) is 19.0. The molecule has 33 heavy (non-hydrogen) atoms. The molecule has 2 heterocycles. The van der Waals surface area contributed by atoms with Crippen LogP contribution in [0.25, 0.3) is 10.9 Å². The van der Waals surface area contributed by atoms with E-state index in [1.54, 1.807) is 11.1 Å². The molecule has 180 valence electrons. The molecule has 1 saturated carbocycles. The maximum Gasteiger partial charge on any atom is 0.401 e. The number of H-pyrrole nitrogens is 1. The third kappa shape index (κ3) is 6.31. The van der Waals surface area contributed by atoms with Gasteiger partial charge in [0.15, 0.2) is 0 Å². The number of likely N-dealkylation sites (tertiary alicyclic amines) is 1. The maximum atomic E-state index is 12.6. The van der Waals surface area contributed by atoms with Crippen molar-refractivity contribution in [3.8, 4) is 5.75 Å². The van der Waals surface area contributed by atoms with Crippen molar-refractivity contribution in [2.75, 3.05) is 31.6 Å². The van der Waals surface area contributed by atoms with Gasteiger partial charge in [0.05, 0.1) is 18.8 Å². The number of ether oxygens (including phenoxy) is 1. The van der Waals surface area contributed by atoms with Crippen LogP contribution in [0.1, 0.15) is 39.0 Å². The third-order valence-corrected chi connectivity index (χ3v) is 6.83. The number of nitrogens with one attached hydrogen (secondary N) is 2. The molecule has 1 aromatic carbocycles. The quantitative estimate of drug-likeness (QED) is 0.466. The van der Waals surface area contributed by atoms with E-state index < -0.39 is 12.7 Å². The third-order valence-electron chi connectivity index (χ3n) is 6.83. The summed E-state index contributed by atoms with van der Waals surface area (Å²) in [5.74, 6) is 1.96. The molecule has 0 bridgehead atoms. The SMILES string of the molecule is C=C(C)CCC(=O)Nc1c[nH]c2ccc(OCCC3C[C@@H]4CN(CC(F)(F)F)C[C@@H]4C3)cc12. The lowest BCUT2D eigenvalue weighted by atomic mass is 10.0. The van der Waals surface area contributed by atoms with Gasteiger partial charge < -0.3 is 15.0 Å². The van der Waals surface area contributed by atoms with E-state index in [9.17, 15) is 18.0 Å². The molecule has 0 radical (unpaired) electrons. The summed E-state index contributed by atoms with van der Waals surface area (Å²) in [6, 6.07) is 5.77. The zero-order chi connectivity index (χ0) is 23.6. The number of benzene rings is 1. The summed E-state index contributed by atoms with van der Waals surface area (Å²) in [6.45, 7) is 6.65. The van der Waals surface area contributed by atoms with Crippen molar-refractivity contribution in [3.05, 3.63) is 36.5 Å². The molecular formula is C25H32F3N3O2. The largest absolute Gasteiger partial charge is 0.494 e. The standard InChI is InChI=1S/C25H32F3N3O2/c1-16(2)3-6-24(32)30-23-12-29-22-5-4-20(11-21(22)23)33-8-7-17-9-18-13-31(14-19(18)10-17)15-25(26,27)28/h4-5,11-12,17-19,29H,1,3,6-10,13-15H2,2H3,(H,30,32)/t17?,18-,19+. The van der Waals surface area contributed by atoms with Crippen molar-refractivity contribution >= 4 is 22.5 Å². The number of anilines is 1. The van der Waals surface area contributed by atoms with Crippen LogP contribution in [0.2, 0.25) is 0 Å². The molecule has 0 spiro atoms. The molecule has 2 aliphatic rings. The number of aromatic nitrogens is 1. The van der Waals surface area contributed by atoms with E-state index in [4.69, 9.17) is 4.74 Å². The Kier molecular flexibility index (Phi) is 7.02. The number of nitrogens with zero attached hydrogens (tertiary/aromatic N) is 1. The van der Waals surface area contributed by atoms with Gasteiger partial charge in [0, 0.05) is 36.6 Å². The summed E-state index contributed by atoms with van der Waals surface area (Å²) in [5.41, 5.74) is 2.63. The summed E-state index contributed by atoms with van der Waals surface area (Å²) < 4.78 is 43.9. The molecule has 2 N–H and O–H groups in total. The Balaban J connectivity index is 1.25. The fourth-order valence-corrected chi connectivity index (χ4v) is 5.32. The van der Waals surface area contributed by atoms with Gasteiger partial charge in [-0.15, -0.1) is 6.58 Å². The van der Waals surface area contributed by atoms with E-state index in [-0.39, 0.29) is 5.91 Å². The minimum absolute atomic E-state index is 0.0502. The van der Waals surface area contributed by atoms with E-state index in [1.807, 2.05) is 25.1 Å². The topological polar surface area (TPSA) is 57.4 Å². The highest BCUT2D eigenvalue weighted by molar-refractivity contribution is 6.02. The summed E-state index contributed by atoms with van der Waals surface area (Å²) >= 11 is 0. The zero-order valence-electron chi connectivity index (χ0n) is 19.0. The molecule has 2 fully saturated rings. The second-order valence-corrected chi connectivity index (χ2v) is 9.72. The number of rotatable bonds is 9. The molecule has 8 heteroatoms. The number of hydrogen-bond acceptors (Lipinski definition) is 3. The Morgan fingerprint density at radius 1 is 1.24 bits per heavy atom. The lowest BCUT2D eigenvalue weighted by molar-refractivity contribution is -0.144. The number of alkyl halides is 3. The van der Waals surface area contributed by atoms with Crippen LogP contribution in [0.5, 0.6) is 5.75 Å². The van der Waals surface area contributed by atoms with Gasteiger partial charge in [-0.3, -0.25) is 9.69 Å². The van der Waals surface area contributed by atoms with Gasteiger partial charge in [0.1, 0.15) is 5.75 Å². The van der Waals surface area contributed by atoms with Crippen molar-refractivity contribution in [1.29, 1.82) is 0 Å². The lowest BCUT2D eigenvalue weighted by Gasteiger charge is -2.20. The van der Waals surface area contributed by atoms with Gasteiger partial charge in [-0.2, -0.15) is 13.2 Å². The van der Waals surface area contributed by atoms with E-state index >= 15 is 0 Å². The van der Waals surface area contributed by atoms with Crippen LogP contribution in [-0.4, -0.2) is 48.2 Å². The van der Waals surface area contributed by atoms with Crippen LogP contribution in [0.15, 0.2) is 36.5 Å². The first-order chi connectivity index (χ1) is 15.7. The first-order valence-corrected chi connectivity index (χ1v) is 11.6. The fourth-order valence-electron chi connectivity index (χ4n) is 5.32. The molecule has 1 saturated heterocycles. The molecule has 1 aliphatic heterocycles. The monoisotopic (exact) mass is 463 g/mol. The summed E-state index contributed by atoms with van der Waals surface area (Å²) in [6.07, 6.45) is 1.61. The van der Waals surface area contributed by atoms with Crippen LogP contribution in [0.3, 0.4) is 0 Å². The molecule has 1 unspecified atom stereocenters. The molecule has 1 aromatic heterocycles. The fraction of sp³-hybridized carbons (Fsp3) is 0.560. The first kappa shape index (κ1) is 23.7. The van der Waals surface area contributed by atoms with E-state index in [0.717, 1.165) is 47.2 Å².